The van der Waals surface area contributed by atoms with E-state index in [1.807, 2.05) is 14.1 Å². The number of rotatable bonds is 3. The molecule has 1 aliphatic heterocycles. The van der Waals surface area contributed by atoms with Crippen LogP contribution in [0.5, 0.6) is 0 Å². The molecule has 0 amide bonds. The van der Waals surface area contributed by atoms with Crippen molar-refractivity contribution in [3.8, 4) is 0 Å². The van der Waals surface area contributed by atoms with Gasteiger partial charge >= 0.3 is 0 Å². The first-order chi connectivity index (χ1) is 7.20. The summed E-state index contributed by atoms with van der Waals surface area (Å²) in [4.78, 5) is 6.04. The summed E-state index contributed by atoms with van der Waals surface area (Å²) >= 11 is 0. The molecule has 1 aromatic heterocycles. The largest absolute Gasteiger partial charge is 0.364 e. The van der Waals surface area contributed by atoms with Gasteiger partial charge in [0.2, 0.25) is 0 Å². The van der Waals surface area contributed by atoms with E-state index in [1.165, 1.54) is 0 Å². The molecule has 84 valence electrons. The number of ether oxygens (including phenoxy) is 1. The molecule has 1 fully saturated rings. The van der Waals surface area contributed by atoms with Crippen LogP contribution in [0, 0.1) is 0 Å². The normalized spacial score (nSPS) is 25.8. The lowest BCUT2D eigenvalue weighted by Crippen LogP contribution is -2.18. The van der Waals surface area contributed by atoms with Crippen molar-refractivity contribution >= 4 is 5.95 Å². The van der Waals surface area contributed by atoms with Gasteiger partial charge in [0, 0.05) is 20.6 Å². The molecule has 2 heterocycles. The van der Waals surface area contributed by atoms with E-state index in [1.54, 1.807) is 4.90 Å². The Morgan fingerprint density at radius 2 is 2.27 bits per heavy atom. The zero-order valence-corrected chi connectivity index (χ0v) is 9.01. The maximum Gasteiger partial charge on any atom is 0.265 e. The highest BCUT2D eigenvalue weighted by atomic mass is 16.5. The average molecular weight is 212 g/mol. The molecular formula is C9H16N4O2. The predicted octanol–water partition coefficient (Wildman–Crippen LogP) is 0.314. The lowest BCUT2D eigenvalue weighted by atomic mass is 10.2. The minimum Gasteiger partial charge on any atom is -0.364 e. The molecule has 2 unspecified atom stereocenters. The smallest absolute Gasteiger partial charge is 0.265 e. The van der Waals surface area contributed by atoms with E-state index in [2.05, 4.69) is 10.1 Å². The van der Waals surface area contributed by atoms with E-state index >= 15 is 0 Å². The Bertz CT molecular complexity index is 326. The van der Waals surface area contributed by atoms with Gasteiger partial charge in [-0.3, -0.25) is 0 Å². The van der Waals surface area contributed by atoms with Crippen LogP contribution in [-0.4, -0.2) is 36.9 Å². The second kappa shape index (κ2) is 4.16. The Hall–Kier alpha value is -1.14. The van der Waals surface area contributed by atoms with Gasteiger partial charge in [-0.2, -0.15) is 4.98 Å². The number of nitrogens with two attached hydrogens (primary N) is 1. The van der Waals surface area contributed by atoms with Gasteiger partial charge in [-0.25, -0.2) is 0 Å². The monoisotopic (exact) mass is 212 g/mol. The number of anilines is 1. The molecule has 6 nitrogen and oxygen atoms in total. The van der Waals surface area contributed by atoms with Gasteiger partial charge in [0.15, 0.2) is 0 Å². The molecule has 1 aromatic rings. The fourth-order valence-electron chi connectivity index (χ4n) is 1.60. The van der Waals surface area contributed by atoms with E-state index < -0.39 is 0 Å². The third-order valence-electron chi connectivity index (χ3n) is 2.48. The Morgan fingerprint density at radius 1 is 1.47 bits per heavy atom. The van der Waals surface area contributed by atoms with Gasteiger partial charge in [-0.15, -0.1) is 0 Å². The zero-order chi connectivity index (χ0) is 10.8. The molecule has 15 heavy (non-hydrogen) atoms. The molecule has 2 N–H and O–H groups in total. The van der Waals surface area contributed by atoms with Gasteiger partial charge in [-0.05, 0) is 18.0 Å². The van der Waals surface area contributed by atoms with Crippen LogP contribution in [0.4, 0.5) is 5.95 Å². The van der Waals surface area contributed by atoms with Crippen LogP contribution in [0.25, 0.3) is 0 Å². The Kier molecular flexibility index (Phi) is 2.88. The minimum absolute atomic E-state index is 0.0836. The highest BCUT2D eigenvalue weighted by molar-refractivity contribution is 5.24. The first-order valence-electron chi connectivity index (χ1n) is 5.07. The summed E-state index contributed by atoms with van der Waals surface area (Å²) in [7, 11) is 3.74. The zero-order valence-electron chi connectivity index (χ0n) is 9.01. The van der Waals surface area contributed by atoms with Crippen molar-refractivity contribution in [3.63, 3.8) is 0 Å². The number of hydrogen-bond donors (Lipinski definition) is 1. The van der Waals surface area contributed by atoms with Gasteiger partial charge < -0.3 is 19.9 Å². The topological polar surface area (TPSA) is 77.4 Å². The van der Waals surface area contributed by atoms with Gasteiger partial charge in [0.25, 0.3) is 11.8 Å². The summed E-state index contributed by atoms with van der Waals surface area (Å²) in [6, 6.07) is 0. The van der Waals surface area contributed by atoms with Crippen LogP contribution >= 0.6 is 0 Å². The molecule has 1 saturated heterocycles. The molecule has 0 aromatic carbocycles. The van der Waals surface area contributed by atoms with Crippen LogP contribution in [0.2, 0.25) is 0 Å². The highest BCUT2D eigenvalue weighted by Crippen LogP contribution is 2.31. The second-order valence-corrected chi connectivity index (χ2v) is 3.89. The highest BCUT2D eigenvalue weighted by Gasteiger charge is 2.29. The van der Waals surface area contributed by atoms with Crippen molar-refractivity contribution < 1.29 is 9.26 Å². The number of aromatic nitrogens is 2. The summed E-state index contributed by atoms with van der Waals surface area (Å²) in [6.45, 7) is 0.547. The van der Waals surface area contributed by atoms with Gasteiger partial charge in [0.05, 0.1) is 6.10 Å². The van der Waals surface area contributed by atoms with Gasteiger partial charge in [0.1, 0.15) is 6.10 Å². The Labute approximate surface area is 88.4 Å². The summed E-state index contributed by atoms with van der Waals surface area (Å²) in [5.74, 6) is 1.12. The Balaban J connectivity index is 2.04. The van der Waals surface area contributed by atoms with Crippen LogP contribution in [-0.2, 0) is 4.74 Å². The third-order valence-corrected chi connectivity index (χ3v) is 2.48. The maximum atomic E-state index is 5.65. The van der Waals surface area contributed by atoms with Crippen molar-refractivity contribution in [2.24, 2.45) is 5.73 Å². The lowest BCUT2D eigenvalue weighted by Gasteiger charge is -2.07. The summed E-state index contributed by atoms with van der Waals surface area (Å²) in [5, 5.41) is 3.84. The molecule has 0 bridgehead atoms. The first-order valence-corrected chi connectivity index (χ1v) is 5.07. The van der Waals surface area contributed by atoms with Gasteiger partial charge in [-0.1, -0.05) is 0 Å². The molecule has 0 saturated carbocycles. The van der Waals surface area contributed by atoms with E-state index in [9.17, 15) is 0 Å². The van der Waals surface area contributed by atoms with Crippen molar-refractivity contribution in [2.75, 3.05) is 25.5 Å². The summed E-state index contributed by atoms with van der Waals surface area (Å²) in [5.41, 5.74) is 5.53. The molecule has 6 heteroatoms. The van der Waals surface area contributed by atoms with E-state index in [0.717, 1.165) is 12.8 Å². The predicted molar refractivity (Wildman–Crippen MR) is 54.5 cm³/mol. The molecule has 2 rings (SSSR count). The van der Waals surface area contributed by atoms with Crippen molar-refractivity contribution in [1.82, 2.24) is 10.1 Å². The minimum atomic E-state index is -0.0836. The SMILES string of the molecule is CN(C)c1noc(C2CCC(CN)O2)n1. The van der Waals surface area contributed by atoms with Crippen molar-refractivity contribution in [3.05, 3.63) is 5.89 Å². The molecule has 2 atom stereocenters. The molecule has 0 radical (unpaired) electrons. The third kappa shape index (κ3) is 2.10. The second-order valence-electron chi connectivity index (χ2n) is 3.89. The lowest BCUT2D eigenvalue weighted by molar-refractivity contribution is 0.0307. The van der Waals surface area contributed by atoms with E-state index in [-0.39, 0.29) is 12.2 Å². The van der Waals surface area contributed by atoms with Crippen molar-refractivity contribution in [2.45, 2.75) is 25.0 Å². The first kappa shape index (κ1) is 10.4. The molecule has 0 aliphatic carbocycles. The van der Waals surface area contributed by atoms with E-state index in [0.29, 0.717) is 18.4 Å². The van der Waals surface area contributed by atoms with Crippen LogP contribution in [0.1, 0.15) is 24.8 Å². The van der Waals surface area contributed by atoms with E-state index in [4.69, 9.17) is 15.0 Å². The van der Waals surface area contributed by atoms with Crippen molar-refractivity contribution in [1.29, 1.82) is 0 Å². The summed E-state index contributed by atoms with van der Waals surface area (Å²) < 4.78 is 10.8. The average Bonchev–Trinajstić information content (AvgIpc) is 2.86. The standard InChI is InChI=1S/C9H16N4O2/c1-13(2)9-11-8(15-12-9)7-4-3-6(5-10)14-7/h6-7H,3-5,10H2,1-2H3. The van der Waals surface area contributed by atoms with Crippen LogP contribution < -0.4 is 10.6 Å². The number of nitrogens with zero attached hydrogens (tertiary/aromatic N) is 3. The molecular weight excluding hydrogens is 196 g/mol. The fourth-order valence-corrected chi connectivity index (χ4v) is 1.60. The summed E-state index contributed by atoms with van der Waals surface area (Å²) in [6.07, 6.45) is 1.90. The van der Waals surface area contributed by atoms with Crippen LogP contribution in [0.15, 0.2) is 4.52 Å². The molecule has 0 spiro atoms. The van der Waals surface area contributed by atoms with Crippen LogP contribution in [0.3, 0.4) is 0 Å². The maximum absolute atomic E-state index is 5.65. The quantitative estimate of drug-likeness (QED) is 0.777. The Morgan fingerprint density at radius 3 is 2.80 bits per heavy atom. The fraction of sp³-hybridized carbons (Fsp3) is 0.778. The molecule has 1 aliphatic rings. The number of hydrogen-bond acceptors (Lipinski definition) is 6.